The molecule has 0 atom stereocenters. The Balaban J connectivity index is 1.11. The minimum Gasteiger partial charge on any atom is -0.476 e. The normalized spacial score (nSPS) is 14.4. The van der Waals surface area contributed by atoms with Crippen molar-refractivity contribution in [3.8, 4) is 17.0 Å². The van der Waals surface area contributed by atoms with Gasteiger partial charge in [-0.05, 0) is 46.2 Å². The molecule has 0 aliphatic carbocycles. The topological polar surface area (TPSA) is 112 Å². The minimum absolute atomic E-state index is 0.0912. The van der Waals surface area contributed by atoms with Crippen LogP contribution < -0.4 is 10.1 Å². The number of hydrogen-bond acceptors (Lipinski definition) is 8. The Morgan fingerprint density at radius 1 is 1.00 bits per heavy atom. The Labute approximate surface area is 219 Å². The first-order chi connectivity index (χ1) is 18.2. The lowest BCUT2D eigenvalue weighted by Gasteiger charge is -2.35. The summed E-state index contributed by atoms with van der Waals surface area (Å²) in [4.78, 5) is 21.6. The van der Waals surface area contributed by atoms with Crippen LogP contribution in [-0.4, -0.2) is 80.6 Å². The third kappa shape index (κ3) is 6.48. The molecular formula is C26H27ClN8O2. The van der Waals surface area contributed by atoms with E-state index in [2.05, 4.69) is 77.1 Å². The molecule has 2 N–H and O–H groups in total. The summed E-state index contributed by atoms with van der Waals surface area (Å²) < 4.78 is 5.87. The molecule has 5 rings (SSSR count). The first kappa shape index (κ1) is 24.8. The van der Waals surface area contributed by atoms with Gasteiger partial charge in [-0.15, -0.1) is 5.10 Å². The van der Waals surface area contributed by atoms with Crippen molar-refractivity contribution in [3.05, 3.63) is 83.0 Å². The van der Waals surface area contributed by atoms with Crippen LogP contribution in [0.1, 0.15) is 15.9 Å². The van der Waals surface area contributed by atoms with Crippen molar-refractivity contribution in [2.75, 3.05) is 44.6 Å². The number of nitrogens with one attached hydrogen (secondary N) is 2. The summed E-state index contributed by atoms with van der Waals surface area (Å²) in [5.41, 5.74) is 4.04. The van der Waals surface area contributed by atoms with Gasteiger partial charge in [0.25, 0.3) is 11.9 Å². The summed E-state index contributed by atoms with van der Waals surface area (Å²) in [7, 11) is 0. The van der Waals surface area contributed by atoms with E-state index in [9.17, 15) is 4.79 Å². The zero-order chi connectivity index (χ0) is 25.5. The van der Waals surface area contributed by atoms with Crippen LogP contribution in [0.3, 0.4) is 0 Å². The number of rotatable bonds is 9. The lowest BCUT2D eigenvalue weighted by atomic mass is 9.99. The number of halogens is 1. The van der Waals surface area contributed by atoms with E-state index in [1.54, 1.807) is 18.3 Å². The van der Waals surface area contributed by atoms with Gasteiger partial charge in [0.1, 0.15) is 12.2 Å². The van der Waals surface area contributed by atoms with Crippen LogP contribution in [0.5, 0.6) is 5.88 Å². The number of piperazine rings is 1. The molecule has 0 spiro atoms. The van der Waals surface area contributed by atoms with Gasteiger partial charge in [0.15, 0.2) is 0 Å². The Morgan fingerprint density at radius 2 is 1.78 bits per heavy atom. The number of nitrogens with zero attached hydrogens (tertiary/aromatic N) is 6. The fraction of sp³-hybridized carbons (Fsp3) is 0.269. The molecule has 1 saturated heterocycles. The standard InChI is InChI=1S/C26H27ClN8O2/c27-21-9-7-19(8-10-21)22-5-2-1-4-20(22)18-35-14-12-34(13-15-35)16-17-37-25-23(6-3-11-28-25)24(36)29-26-30-32-33-31-26/h1-11H,12-18H2,(H2,29,30,31,32,33,36). The first-order valence-corrected chi connectivity index (χ1v) is 12.4. The van der Waals surface area contributed by atoms with E-state index in [0.717, 1.165) is 44.3 Å². The number of ether oxygens (including phenoxy) is 1. The average Bonchev–Trinajstić information content (AvgIpc) is 3.44. The zero-order valence-corrected chi connectivity index (χ0v) is 20.9. The van der Waals surface area contributed by atoms with E-state index in [-0.39, 0.29) is 11.8 Å². The number of pyridine rings is 1. The molecule has 11 heteroatoms. The monoisotopic (exact) mass is 518 g/mol. The SMILES string of the molecule is O=C(Nc1nn[nH]n1)c1cccnc1OCCN1CCN(Cc2ccccc2-c2ccc(Cl)cc2)CC1. The number of benzene rings is 2. The maximum atomic E-state index is 12.5. The maximum Gasteiger partial charge on any atom is 0.270 e. The van der Waals surface area contributed by atoms with Crippen LogP contribution >= 0.6 is 11.6 Å². The highest BCUT2D eigenvalue weighted by molar-refractivity contribution is 6.30. The number of carbonyl (C=O) groups excluding carboxylic acids is 1. The predicted octanol–water partition coefficient (Wildman–Crippen LogP) is 3.36. The molecule has 10 nitrogen and oxygen atoms in total. The third-order valence-corrected chi connectivity index (χ3v) is 6.52. The highest BCUT2D eigenvalue weighted by Gasteiger charge is 2.19. The summed E-state index contributed by atoms with van der Waals surface area (Å²) in [5.74, 6) is -0.0357. The first-order valence-electron chi connectivity index (χ1n) is 12.1. The number of anilines is 1. The molecule has 2 aromatic heterocycles. The van der Waals surface area contributed by atoms with E-state index in [1.807, 2.05) is 12.1 Å². The molecule has 3 heterocycles. The molecule has 0 bridgehead atoms. The molecular weight excluding hydrogens is 492 g/mol. The Bertz CT molecular complexity index is 1310. The molecule has 0 unspecified atom stereocenters. The number of H-pyrrole nitrogens is 1. The van der Waals surface area contributed by atoms with Crippen LogP contribution in [0.25, 0.3) is 11.1 Å². The van der Waals surface area contributed by atoms with Gasteiger partial charge in [-0.3, -0.25) is 19.9 Å². The lowest BCUT2D eigenvalue weighted by molar-refractivity contribution is 0.101. The van der Waals surface area contributed by atoms with Crippen molar-refractivity contribution in [2.24, 2.45) is 0 Å². The second-order valence-electron chi connectivity index (χ2n) is 8.68. The van der Waals surface area contributed by atoms with E-state index in [0.29, 0.717) is 12.2 Å². The zero-order valence-electron chi connectivity index (χ0n) is 20.2. The largest absolute Gasteiger partial charge is 0.476 e. The van der Waals surface area contributed by atoms with Crippen LogP contribution in [-0.2, 0) is 6.54 Å². The van der Waals surface area contributed by atoms with Gasteiger partial charge < -0.3 is 4.74 Å². The van der Waals surface area contributed by atoms with E-state index >= 15 is 0 Å². The second kappa shape index (κ2) is 11.9. The average molecular weight is 519 g/mol. The van der Waals surface area contributed by atoms with Gasteiger partial charge in [-0.25, -0.2) is 4.98 Å². The van der Waals surface area contributed by atoms with Crippen LogP contribution in [0.4, 0.5) is 5.95 Å². The van der Waals surface area contributed by atoms with Crippen molar-refractivity contribution in [2.45, 2.75) is 6.54 Å². The van der Waals surface area contributed by atoms with Crippen molar-refractivity contribution < 1.29 is 9.53 Å². The summed E-state index contributed by atoms with van der Waals surface area (Å²) >= 11 is 6.08. The predicted molar refractivity (Wildman–Crippen MR) is 140 cm³/mol. The van der Waals surface area contributed by atoms with Gasteiger partial charge >= 0.3 is 0 Å². The molecule has 2 aromatic carbocycles. The maximum absolute atomic E-state index is 12.5. The molecule has 0 saturated carbocycles. The summed E-state index contributed by atoms with van der Waals surface area (Å²) in [6, 6.07) is 19.9. The van der Waals surface area contributed by atoms with Crippen molar-refractivity contribution >= 4 is 23.5 Å². The third-order valence-electron chi connectivity index (χ3n) is 6.26. The Kier molecular flexibility index (Phi) is 7.99. The summed E-state index contributed by atoms with van der Waals surface area (Å²) in [6.07, 6.45) is 1.60. The summed E-state index contributed by atoms with van der Waals surface area (Å²) in [6.45, 7) is 5.90. The highest BCUT2D eigenvalue weighted by Crippen LogP contribution is 2.26. The molecule has 4 aromatic rings. The fourth-order valence-corrected chi connectivity index (χ4v) is 4.44. The molecule has 1 fully saturated rings. The van der Waals surface area contributed by atoms with Gasteiger partial charge in [0, 0.05) is 50.5 Å². The molecule has 190 valence electrons. The number of amides is 1. The van der Waals surface area contributed by atoms with E-state index < -0.39 is 5.91 Å². The Morgan fingerprint density at radius 3 is 2.57 bits per heavy atom. The van der Waals surface area contributed by atoms with Crippen LogP contribution in [0.15, 0.2) is 66.9 Å². The van der Waals surface area contributed by atoms with E-state index in [4.69, 9.17) is 16.3 Å². The number of aromatic nitrogens is 5. The van der Waals surface area contributed by atoms with Crippen LogP contribution in [0.2, 0.25) is 5.02 Å². The van der Waals surface area contributed by atoms with Crippen molar-refractivity contribution in [3.63, 3.8) is 0 Å². The van der Waals surface area contributed by atoms with Crippen LogP contribution in [0, 0.1) is 0 Å². The fourth-order valence-electron chi connectivity index (χ4n) is 4.31. The highest BCUT2D eigenvalue weighted by atomic mass is 35.5. The lowest BCUT2D eigenvalue weighted by Crippen LogP contribution is -2.47. The molecule has 1 aliphatic rings. The van der Waals surface area contributed by atoms with Gasteiger partial charge in [-0.2, -0.15) is 5.21 Å². The summed E-state index contributed by atoms with van der Waals surface area (Å²) in [5, 5.41) is 16.5. The molecule has 0 radical (unpaired) electrons. The second-order valence-corrected chi connectivity index (χ2v) is 9.11. The Hall–Kier alpha value is -3.86. The smallest absolute Gasteiger partial charge is 0.270 e. The van der Waals surface area contributed by atoms with Crippen molar-refractivity contribution in [1.82, 2.24) is 35.4 Å². The van der Waals surface area contributed by atoms with Gasteiger partial charge in [-0.1, -0.05) is 53.1 Å². The van der Waals surface area contributed by atoms with Crippen molar-refractivity contribution in [1.29, 1.82) is 0 Å². The van der Waals surface area contributed by atoms with Gasteiger partial charge in [0.2, 0.25) is 5.88 Å². The molecule has 1 aliphatic heterocycles. The molecule has 37 heavy (non-hydrogen) atoms. The number of carbonyl (C=O) groups is 1. The number of aromatic amines is 1. The van der Waals surface area contributed by atoms with Gasteiger partial charge in [0.05, 0.1) is 0 Å². The number of tetrazole rings is 1. The quantitative estimate of drug-likeness (QED) is 0.347. The number of hydrogen-bond donors (Lipinski definition) is 2. The molecule has 1 amide bonds. The minimum atomic E-state index is -0.406. The van der Waals surface area contributed by atoms with E-state index in [1.165, 1.54) is 16.7 Å².